The summed E-state index contributed by atoms with van der Waals surface area (Å²) in [4.78, 5) is 10.8. The van der Waals surface area contributed by atoms with Crippen molar-refractivity contribution in [3.63, 3.8) is 0 Å². The van der Waals surface area contributed by atoms with Crippen LogP contribution in [0.4, 0.5) is 5.69 Å². The van der Waals surface area contributed by atoms with Crippen molar-refractivity contribution in [1.82, 2.24) is 0 Å². The Balaban J connectivity index is 2.46. The lowest BCUT2D eigenvalue weighted by atomic mass is 10.1. The number of nitrogens with zero attached hydrogens (tertiary/aromatic N) is 1. The molecule has 4 nitrogen and oxygen atoms in total. The molecule has 0 heterocycles. The summed E-state index contributed by atoms with van der Waals surface area (Å²) >= 11 is 3.40. The van der Waals surface area contributed by atoms with Crippen LogP contribution in [0.25, 0.3) is 0 Å². The number of hydrogen-bond acceptors (Lipinski definition) is 3. The summed E-state index contributed by atoms with van der Waals surface area (Å²) in [7, 11) is 0. The van der Waals surface area contributed by atoms with Gasteiger partial charge < -0.3 is 4.74 Å². The topological polar surface area (TPSA) is 52.4 Å². The molecule has 0 unspecified atom stereocenters. The lowest BCUT2D eigenvalue weighted by molar-refractivity contribution is -0.385. The van der Waals surface area contributed by atoms with Gasteiger partial charge >= 0.3 is 5.69 Å². The molecule has 21 heavy (non-hydrogen) atoms. The fourth-order valence-electron chi connectivity index (χ4n) is 2.22. The maximum Gasteiger partial charge on any atom is 0.312 e. The third-order valence-electron chi connectivity index (χ3n) is 3.20. The summed E-state index contributed by atoms with van der Waals surface area (Å²) in [6.45, 7) is 5.58. The monoisotopic (exact) mass is 349 g/mol. The second kappa shape index (κ2) is 6.26. The van der Waals surface area contributed by atoms with Crippen LogP contribution in [0.5, 0.6) is 11.5 Å². The van der Waals surface area contributed by atoms with Gasteiger partial charge in [0.2, 0.25) is 5.75 Å². The first-order chi connectivity index (χ1) is 9.92. The Labute approximate surface area is 132 Å². The number of halogens is 1. The minimum absolute atomic E-state index is 0.00327. The fraction of sp³-hybridized carbons (Fsp3) is 0.250. The van der Waals surface area contributed by atoms with Crippen molar-refractivity contribution in [2.75, 3.05) is 0 Å². The molecule has 2 aromatic rings. The van der Waals surface area contributed by atoms with Gasteiger partial charge in [-0.3, -0.25) is 10.1 Å². The second-order valence-electron chi connectivity index (χ2n) is 5.02. The van der Waals surface area contributed by atoms with E-state index in [-0.39, 0.29) is 5.69 Å². The van der Waals surface area contributed by atoms with Crippen LogP contribution in [0.15, 0.2) is 30.3 Å². The Kier molecular flexibility index (Phi) is 4.63. The Morgan fingerprint density at radius 2 is 1.86 bits per heavy atom. The van der Waals surface area contributed by atoms with Crippen molar-refractivity contribution >= 4 is 21.6 Å². The zero-order chi connectivity index (χ0) is 15.6. The zero-order valence-corrected chi connectivity index (χ0v) is 13.7. The quantitative estimate of drug-likeness (QED) is 0.432. The average molecular weight is 350 g/mol. The normalized spacial score (nSPS) is 10.5. The molecule has 0 aromatic heterocycles. The van der Waals surface area contributed by atoms with E-state index in [4.69, 9.17) is 4.74 Å². The van der Waals surface area contributed by atoms with Crippen molar-refractivity contribution < 1.29 is 9.66 Å². The number of hydrogen-bond donors (Lipinski definition) is 0. The molecule has 0 radical (unpaired) electrons. The van der Waals surface area contributed by atoms with Gasteiger partial charge in [0, 0.05) is 11.4 Å². The van der Waals surface area contributed by atoms with Gasteiger partial charge in [-0.2, -0.15) is 0 Å². The molecular formula is C16H16BrNO3. The number of nitro groups is 1. The third-order valence-corrected chi connectivity index (χ3v) is 3.85. The van der Waals surface area contributed by atoms with Crippen molar-refractivity contribution in [2.45, 2.75) is 26.1 Å². The van der Waals surface area contributed by atoms with Crippen molar-refractivity contribution in [3.8, 4) is 11.5 Å². The van der Waals surface area contributed by atoms with Gasteiger partial charge in [-0.15, -0.1) is 0 Å². The van der Waals surface area contributed by atoms with Crippen LogP contribution < -0.4 is 4.74 Å². The number of rotatable bonds is 4. The number of aryl methyl sites for hydroxylation is 3. The predicted octanol–water partition coefficient (Wildman–Crippen LogP) is 5.21. The van der Waals surface area contributed by atoms with Crippen LogP contribution in [-0.4, -0.2) is 4.92 Å². The van der Waals surface area contributed by atoms with E-state index in [1.165, 1.54) is 6.07 Å². The first-order valence-electron chi connectivity index (χ1n) is 6.51. The zero-order valence-electron chi connectivity index (χ0n) is 12.1. The summed E-state index contributed by atoms with van der Waals surface area (Å²) < 4.78 is 5.83. The highest BCUT2D eigenvalue weighted by atomic mass is 79.9. The minimum atomic E-state index is -0.405. The number of benzene rings is 2. The van der Waals surface area contributed by atoms with Crippen LogP contribution in [0.2, 0.25) is 0 Å². The van der Waals surface area contributed by atoms with Crippen LogP contribution in [-0.2, 0) is 5.33 Å². The van der Waals surface area contributed by atoms with Crippen LogP contribution in [0.1, 0.15) is 22.3 Å². The summed E-state index contributed by atoms with van der Waals surface area (Å²) in [6.07, 6.45) is 0. The molecule has 110 valence electrons. The van der Waals surface area contributed by atoms with Gasteiger partial charge in [0.05, 0.1) is 4.92 Å². The van der Waals surface area contributed by atoms with E-state index < -0.39 is 4.92 Å². The minimum Gasteiger partial charge on any atom is -0.450 e. The van der Waals surface area contributed by atoms with E-state index >= 15 is 0 Å². The smallest absolute Gasteiger partial charge is 0.312 e. The van der Waals surface area contributed by atoms with Gasteiger partial charge in [0.1, 0.15) is 5.75 Å². The Hall–Kier alpha value is -1.88. The fourth-order valence-corrected chi connectivity index (χ4v) is 2.57. The molecule has 0 N–H and O–H groups in total. The highest BCUT2D eigenvalue weighted by molar-refractivity contribution is 9.08. The van der Waals surface area contributed by atoms with E-state index in [9.17, 15) is 10.1 Å². The van der Waals surface area contributed by atoms with Crippen molar-refractivity contribution in [1.29, 1.82) is 0 Å². The van der Waals surface area contributed by atoms with E-state index in [1.807, 2.05) is 45.0 Å². The molecule has 0 saturated heterocycles. The molecule has 0 spiro atoms. The predicted molar refractivity (Wildman–Crippen MR) is 86.5 cm³/mol. The summed E-state index contributed by atoms with van der Waals surface area (Å²) in [6, 6.07) is 9.19. The lowest BCUT2D eigenvalue weighted by Gasteiger charge is -2.12. The molecular weight excluding hydrogens is 334 g/mol. The summed E-state index contributed by atoms with van der Waals surface area (Å²) in [5.74, 6) is 0.940. The van der Waals surface area contributed by atoms with Crippen LogP contribution in [0.3, 0.4) is 0 Å². The molecule has 2 aromatic carbocycles. The number of alkyl halides is 1. The number of ether oxygens (including phenoxy) is 1. The summed E-state index contributed by atoms with van der Waals surface area (Å²) in [5, 5.41) is 12.0. The average Bonchev–Trinajstić information content (AvgIpc) is 2.42. The molecule has 0 aliphatic heterocycles. The van der Waals surface area contributed by atoms with Crippen molar-refractivity contribution in [2.24, 2.45) is 0 Å². The summed E-state index contributed by atoms with van der Waals surface area (Å²) in [5.41, 5.74) is 3.68. The van der Waals surface area contributed by atoms with Gasteiger partial charge in [0.15, 0.2) is 0 Å². The molecule has 0 amide bonds. The highest BCUT2D eigenvalue weighted by Crippen LogP contribution is 2.36. The van der Waals surface area contributed by atoms with Gasteiger partial charge in [-0.1, -0.05) is 34.1 Å². The van der Waals surface area contributed by atoms with Gasteiger partial charge in [-0.05, 0) is 49.1 Å². The third kappa shape index (κ3) is 3.42. The molecule has 0 aliphatic carbocycles. The van der Waals surface area contributed by atoms with Crippen LogP contribution >= 0.6 is 15.9 Å². The molecule has 0 bridgehead atoms. The SMILES string of the molecule is Cc1cc(C)c(Oc2ccc(CBr)cc2C)c([N+](=O)[O-])c1. The highest BCUT2D eigenvalue weighted by Gasteiger charge is 2.19. The maximum absolute atomic E-state index is 11.2. The maximum atomic E-state index is 11.2. The first-order valence-corrected chi connectivity index (χ1v) is 7.63. The Morgan fingerprint density at radius 1 is 1.14 bits per heavy atom. The lowest BCUT2D eigenvalue weighted by Crippen LogP contribution is -1.98. The van der Waals surface area contributed by atoms with E-state index in [0.29, 0.717) is 11.5 Å². The van der Waals surface area contributed by atoms with E-state index in [0.717, 1.165) is 27.6 Å². The molecule has 0 aliphatic rings. The Bertz CT molecular complexity index is 698. The van der Waals surface area contributed by atoms with E-state index in [2.05, 4.69) is 15.9 Å². The standard InChI is InChI=1S/C16H16BrNO3/c1-10-6-12(3)16(14(7-10)18(19)20)21-15-5-4-13(9-17)8-11(15)2/h4-8H,9H2,1-3H3. The Morgan fingerprint density at radius 3 is 2.43 bits per heavy atom. The molecule has 2 rings (SSSR count). The molecule has 0 fully saturated rings. The molecule has 0 atom stereocenters. The van der Waals surface area contributed by atoms with Crippen molar-refractivity contribution in [3.05, 3.63) is 62.7 Å². The molecule has 0 saturated carbocycles. The largest absolute Gasteiger partial charge is 0.450 e. The molecule has 5 heteroatoms. The first kappa shape index (κ1) is 15.5. The van der Waals surface area contributed by atoms with E-state index in [1.54, 1.807) is 0 Å². The van der Waals surface area contributed by atoms with Gasteiger partial charge in [0.25, 0.3) is 0 Å². The second-order valence-corrected chi connectivity index (χ2v) is 5.58. The van der Waals surface area contributed by atoms with Gasteiger partial charge in [-0.25, -0.2) is 0 Å². The number of nitro benzene ring substituents is 1. The van der Waals surface area contributed by atoms with Crippen LogP contribution in [0, 0.1) is 30.9 Å².